The number of fused-ring (bicyclic) bond motifs is 2. The van der Waals surface area contributed by atoms with E-state index in [4.69, 9.17) is 5.73 Å². The van der Waals surface area contributed by atoms with Gasteiger partial charge in [0, 0.05) is 6.54 Å². The molecule has 2 aliphatic carbocycles. The number of quaternary nitrogens is 1. The molecule has 1 unspecified atom stereocenters. The van der Waals surface area contributed by atoms with Crippen molar-refractivity contribution in [2.24, 2.45) is 22.7 Å². The molecule has 0 saturated heterocycles. The van der Waals surface area contributed by atoms with Crippen LogP contribution in [0.2, 0.25) is 0 Å². The quantitative estimate of drug-likeness (QED) is 0.683. The van der Waals surface area contributed by atoms with Crippen molar-refractivity contribution < 1.29 is 4.90 Å². The first-order valence-corrected chi connectivity index (χ1v) is 12.2. The smallest absolute Gasteiger partial charge is 0.256 e. The molecule has 3 N–H and O–H groups in total. The predicted molar refractivity (Wildman–Crippen MR) is 129 cm³/mol. The molecule has 5 heteroatoms. The fraction of sp³-hybridized carbons (Fsp3) is 0.692. The number of nitrogens with two attached hydrogens (primary N) is 1. The van der Waals surface area contributed by atoms with E-state index >= 15 is 0 Å². The van der Waals surface area contributed by atoms with Crippen LogP contribution in [0.3, 0.4) is 0 Å². The molecule has 1 fully saturated rings. The lowest BCUT2D eigenvalue weighted by Crippen LogP contribution is -3.03. The largest absolute Gasteiger partial charge is 0.382 e. The van der Waals surface area contributed by atoms with Gasteiger partial charge >= 0.3 is 0 Å². The molecule has 0 bridgehead atoms. The molecular formula is C26H42N5+. The van der Waals surface area contributed by atoms with E-state index in [1.165, 1.54) is 42.6 Å². The van der Waals surface area contributed by atoms with Crippen molar-refractivity contribution in [3.63, 3.8) is 0 Å². The van der Waals surface area contributed by atoms with Gasteiger partial charge in [0.05, 0.1) is 7.05 Å². The van der Waals surface area contributed by atoms with Crippen molar-refractivity contribution in [1.29, 1.82) is 0 Å². The van der Waals surface area contributed by atoms with Gasteiger partial charge in [0.25, 0.3) is 5.82 Å². The molecule has 1 aromatic heterocycles. The minimum atomic E-state index is 0.319. The van der Waals surface area contributed by atoms with Gasteiger partial charge in [-0.2, -0.15) is 4.98 Å². The molecule has 1 saturated carbocycles. The Hall–Kier alpha value is -1.88. The second-order valence-corrected chi connectivity index (χ2v) is 11.0. The van der Waals surface area contributed by atoms with Gasteiger partial charge in [0.1, 0.15) is 6.33 Å². The van der Waals surface area contributed by atoms with E-state index in [1.807, 2.05) is 0 Å². The molecule has 0 amide bonds. The average Bonchev–Trinajstić information content (AvgIpc) is 3.07. The first-order valence-electron chi connectivity index (χ1n) is 12.2. The minimum Gasteiger partial charge on any atom is -0.382 e. The minimum absolute atomic E-state index is 0.319. The summed E-state index contributed by atoms with van der Waals surface area (Å²) >= 11 is 0. The summed E-state index contributed by atoms with van der Waals surface area (Å²) in [4.78, 5) is 12.3. The van der Waals surface area contributed by atoms with Crippen molar-refractivity contribution in [2.45, 2.75) is 73.1 Å². The van der Waals surface area contributed by atoms with Crippen LogP contribution in [0.5, 0.6) is 0 Å². The normalized spacial score (nSPS) is 35.5. The molecule has 1 aliphatic heterocycles. The fourth-order valence-electron chi connectivity index (χ4n) is 6.48. The van der Waals surface area contributed by atoms with Crippen LogP contribution in [0.1, 0.15) is 73.1 Å². The molecule has 0 aromatic carbocycles. The van der Waals surface area contributed by atoms with E-state index in [2.05, 4.69) is 68.7 Å². The van der Waals surface area contributed by atoms with Crippen LogP contribution in [-0.4, -0.2) is 30.2 Å². The van der Waals surface area contributed by atoms with Gasteiger partial charge in [-0.3, -0.25) is 4.90 Å². The van der Waals surface area contributed by atoms with Gasteiger partial charge in [0.2, 0.25) is 0 Å². The summed E-state index contributed by atoms with van der Waals surface area (Å²) in [6.45, 7) is 14.1. The Kier molecular flexibility index (Phi) is 5.93. The summed E-state index contributed by atoms with van der Waals surface area (Å²) < 4.78 is 0. The van der Waals surface area contributed by atoms with Gasteiger partial charge in [0.15, 0.2) is 18.2 Å². The predicted octanol–water partition coefficient (Wildman–Crippen LogP) is 4.51. The molecule has 1 aromatic rings. The van der Waals surface area contributed by atoms with Gasteiger partial charge in [-0.15, -0.1) is 0 Å². The molecule has 31 heavy (non-hydrogen) atoms. The number of nitrogens with zero attached hydrogens (tertiary/aromatic N) is 3. The van der Waals surface area contributed by atoms with Gasteiger partial charge in [-0.05, 0) is 68.1 Å². The summed E-state index contributed by atoms with van der Waals surface area (Å²) in [5, 5.41) is 0. The number of aromatic nitrogens is 2. The molecular weight excluding hydrogens is 382 g/mol. The molecule has 0 spiro atoms. The molecule has 2 heterocycles. The summed E-state index contributed by atoms with van der Waals surface area (Å²) in [5.74, 6) is 3.16. The van der Waals surface area contributed by atoms with E-state index in [0.717, 1.165) is 43.0 Å². The summed E-state index contributed by atoms with van der Waals surface area (Å²) in [7, 11) is 2.14. The second-order valence-electron chi connectivity index (χ2n) is 11.0. The lowest BCUT2D eigenvalue weighted by molar-refractivity contribution is -0.805. The zero-order valence-corrected chi connectivity index (χ0v) is 20.5. The van der Waals surface area contributed by atoms with Crippen molar-refractivity contribution in [2.75, 3.05) is 30.9 Å². The highest BCUT2D eigenvalue weighted by atomic mass is 15.4. The third-order valence-electron chi connectivity index (χ3n) is 9.15. The maximum Gasteiger partial charge on any atom is 0.256 e. The maximum atomic E-state index is 6.17. The second kappa shape index (κ2) is 8.23. The van der Waals surface area contributed by atoms with Crippen molar-refractivity contribution in [3.05, 3.63) is 29.6 Å². The summed E-state index contributed by atoms with van der Waals surface area (Å²) in [6.07, 6.45) is 14.3. The molecule has 170 valence electrons. The number of allylic oxidation sites excluding steroid dienone is 3. The molecule has 4 rings (SSSR count). The summed E-state index contributed by atoms with van der Waals surface area (Å²) in [6, 6.07) is 0. The van der Waals surface area contributed by atoms with Crippen LogP contribution in [0.25, 0.3) is 0 Å². The van der Waals surface area contributed by atoms with Crippen molar-refractivity contribution >= 4 is 17.3 Å². The Labute approximate surface area is 188 Å². The number of nitrogens with one attached hydrogen (secondary N) is 1. The summed E-state index contributed by atoms with van der Waals surface area (Å²) in [5.41, 5.74) is 11.2. The van der Waals surface area contributed by atoms with Crippen LogP contribution >= 0.6 is 0 Å². The zero-order chi connectivity index (χ0) is 22.4. The maximum absolute atomic E-state index is 6.17. The van der Waals surface area contributed by atoms with E-state index in [-0.39, 0.29) is 0 Å². The number of anilines is 2. The third kappa shape index (κ3) is 3.79. The van der Waals surface area contributed by atoms with Crippen LogP contribution in [0, 0.1) is 22.7 Å². The Balaban J connectivity index is 1.46. The average molecular weight is 425 g/mol. The number of nitrogen functional groups attached to an aromatic ring is 1. The van der Waals surface area contributed by atoms with Crippen LogP contribution in [-0.2, 0) is 0 Å². The molecule has 5 nitrogen and oxygen atoms in total. The number of hydrogen-bond donors (Lipinski definition) is 2. The first-order chi connectivity index (χ1) is 14.7. The lowest BCUT2D eigenvalue weighted by atomic mass is 9.49. The molecule has 5 atom stereocenters. The Morgan fingerprint density at radius 2 is 2.03 bits per heavy atom. The monoisotopic (exact) mass is 424 g/mol. The topological polar surface area (TPSA) is 59.5 Å². The third-order valence-corrected chi connectivity index (χ3v) is 9.15. The van der Waals surface area contributed by atoms with Crippen LogP contribution in [0.15, 0.2) is 29.6 Å². The van der Waals surface area contributed by atoms with Crippen LogP contribution in [0.4, 0.5) is 17.3 Å². The highest BCUT2D eigenvalue weighted by Crippen LogP contribution is 2.61. The lowest BCUT2D eigenvalue weighted by Gasteiger charge is -2.56. The Bertz CT molecular complexity index is 890. The Morgan fingerprint density at radius 3 is 2.81 bits per heavy atom. The highest BCUT2D eigenvalue weighted by molar-refractivity contribution is 5.73. The molecule has 0 radical (unpaired) electrons. The SMILES string of the molecule is CC(=CCN1C[NH+](C)c2ncnc(N)c21)CC[C@]1(C)C2=CCC[C@@H](C)[C@]2(C)CC[C@H]1C. The van der Waals surface area contributed by atoms with Gasteiger partial charge in [-0.1, -0.05) is 51.0 Å². The van der Waals surface area contributed by atoms with E-state index in [0.29, 0.717) is 16.6 Å². The van der Waals surface area contributed by atoms with Gasteiger partial charge in [-0.25, -0.2) is 4.98 Å². The van der Waals surface area contributed by atoms with E-state index in [1.54, 1.807) is 11.9 Å². The van der Waals surface area contributed by atoms with E-state index in [9.17, 15) is 0 Å². The fourth-order valence-corrected chi connectivity index (χ4v) is 6.48. The highest BCUT2D eigenvalue weighted by Gasteiger charge is 2.50. The van der Waals surface area contributed by atoms with Crippen molar-refractivity contribution in [1.82, 2.24) is 9.97 Å². The van der Waals surface area contributed by atoms with Crippen molar-refractivity contribution in [3.8, 4) is 0 Å². The number of rotatable bonds is 5. The Morgan fingerprint density at radius 1 is 1.26 bits per heavy atom. The van der Waals surface area contributed by atoms with E-state index < -0.39 is 0 Å². The first kappa shape index (κ1) is 22.3. The standard InChI is InChI=1S/C26H41N5/c1-18(12-15-31-17-30(6)24-22(31)23(27)28-16-29-24)10-13-25(4)20(3)11-14-26(5)19(2)8-7-9-21(25)26/h9,12,16,19-20H,7-8,10-11,13-15,17H2,1-6H3,(H2,27,28,29)/p+1/t19-,20-,25+,26+/m1/s1. The van der Waals surface area contributed by atoms with Crippen LogP contribution < -0.4 is 15.5 Å². The number of hydrogen-bond acceptors (Lipinski definition) is 4. The van der Waals surface area contributed by atoms with Gasteiger partial charge < -0.3 is 10.6 Å². The molecule has 3 aliphatic rings. The zero-order valence-electron chi connectivity index (χ0n) is 20.5.